The number of nitrogens with one attached hydrogen (secondary N) is 3. The maximum atomic E-state index is 11.5. The Hall–Kier alpha value is -1.79. The molecule has 0 aromatic heterocycles. The second kappa shape index (κ2) is 9.20. The Morgan fingerprint density at radius 3 is 2.19 bits per heavy atom. The van der Waals surface area contributed by atoms with Gasteiger partial charge < -0.3 is 21.1 Å². The first-order valence-corrected chi connectivity index (χ1v) is 7.11. The number of carbonyl (C=O) groups excluding carboxylic acids is 2. The topological polar surface area (TPSA) is 108 Å². The zero-order valence-corrected chi connectivity index (χ0v) is 13.3. The van der Waals surface area contributed by atoms with E-state index < -0.39 is 12.0 Å². The van der Waals surface area contributed by atoms with E-state index in [1.165, 1.54) is 7.05 Å². The molecule has 0 radical (unpaired) electrons. The van der Waals surface area contributed by atoms with Gasteiger partial charge >= 0.3 is 12.0 Å². The predicted molar refractivity (Wildman–Crippen MR) is 79.9 cm³/mol. The second-order valence-corrected chi connectivity index (χ2v) is 6.07. The number of likely N-dealkylation sites (N-methyl/N-ethyl adjacent to an activating group) is 1. The Morgan fingerprint density at radius 1 is 1.10 bits per heavy atom. The van der Waals surface area contributed by atoms with Crippen molar-refractivity contribution in [1.82, 2.24) is 16.0 Å². The third-order valence-electron chi connectivity index (χ3n) is 3.40. The molecule has 0 rings (SSSR count). The van der Waals surface area contributed by atoms with Crippen LogP contribution in [0, 0.1) is 11.3 Å². The van der Waals surface area contributed by atoms with E-state index in [4.69, 9.17) is 5.11 Å². The minimum Gasteiger partial charge on any atom is -0.481 e. The van der Waals surface area contributed by atoms with Gasteiger partial charge in [-0.2, -0.15) is 0 Å². The van der Waals surface area contributed by atoms with Crippen LogP contribution < -0.4 is 16.0 Å². The molecule has 0 aliphatic carbocycles. The highest BCUT2D eigenvalue weighted by atomic mass is 16.4. The van der Waals surface area contributed by atoms with Crippen molar-refractivity contribution in [2.75, 3.05) is 20.1 Å². The first-order valence-electron chi connectivity index (χ1n) is 7.11. The van der Waals surface area contributed by atoms with E-state index in [-0.39, 0.29) is 30.2 Å². The second-order valence-electron chi connectivity index (χ2n) is 6.07. The summed E-state index contributed by atoms with van der Waals surface area (Å²) in [6, 6.07) is -0.399. The Morgan fingerprint density at radius 2 is 1.71 bits per heavy atom. The maximum absolute atomic E-state index is 11.5. The van der Waals surface area contributed by atoms with Crippen LogP contribution >= 0.6 is 0 Å². The van der Waals surface area contributed by atoms with Crippen molar-refractivity contribution < 1.29 is 19.5 Å². The third kappa shape index (κ3) is 9.70. The summed E-state index contributed by atoms with van der Waals surface area (Å²) in [4.78, 5) is 33.1. The predicted octanol–water partition coefficient (Wildman–Crippen LogP) is 0.949. The van der Waals surface area contributed by atoms with Gasteiger partial charge in [-0.3, -0.25) is 9.59 Å². The summed E-state index contributed by atoms with van der Waals surface area (Å²) < 4.78 is 0. The summed E-state index contributed by atoms with van der Waals surface area (Å²) >= 11 is 0. The van der Waals surface area contributed by atoms with E-state index in [1.807, 2.05) is 0 Å². The molecule has 7 heteroatoms. The van der Waals surface area contributed by atoms with Crippen molar-refractivity contribution in [2.24, 2.45) is 11.3 Å². The van der Waals surface area contributed by atoms with Crippen LogP contribution in [-0.4, -0.2) is 43.2 Å². The fourth-order valence-electron chi connectivity index (χ4n) is 1.98. The number of hydrogen-bond donors (Lipinski definition) is 4. The molecule has 0 saturated heterocycles. The molecule has 0 fully saturated rings. The van der Waals surface area contributed by atoms with Gasteiger partial charge in [0.15, 0.2) is 0 Å². The minimum absolute atomic E-state index is 0.0182. The number of carboxylic acids is 1. The summed E-state index contributed by atoms with van der Waals surface area (Å²) in [7, 11) is 1.50. The summed E-state index contributed by atoms with van der Waals surface area (Å²) in [5.41, 5.74) is -0.0182. The lowest BCUT2D eigenvalue weighted by molar-refractivity contribution is -0.137. The number of urea groups is 1. The molecule has 3 amide bonds. The summed E-state index contributed by atoms with van der Waals surface area (Å²) in [5, 5.41) is 16.3. The fraction of sp³-hybridized carbons (Fsp3) is 0.786. The van der Waals surface area contributed by atoms with Gasteiger partial charge in [-0.15, -0.1) is 0 Å². The number of hydrogen-bond acceptors (Lipinski definition) is 3. The van der Waals surface area contributed by atoms with Crippen LogP contribution in [0.5, 0.6) is 0 Å². The Balaban J connectivity index is 4.10. The Bertz CT molecular complexity index is 364. The molecule has 7 nitrogen and oxygen atoms in total. The van der Waals surface area contributed by atoms with Crippen LogP contribution in [0.2, 0.25) is 0 Å². The van der Waals surface area contributed by atoms with E-state index >= 15 is 0 Å². The average Bonchev–Trinajstić information content (AvgIpc) is 2.37. The van der Waals surface area contributed by atoms with Gasteiger partial charge in [0.1, 0.15) is 0 Å². The highest BCUT2D eigenvalue weighted by Gasteiger charge is 2.24. The van der Waals surface area contributed by atoms with Crippen molar-refractivity contribution in [3.63, 3.8) is 0 Å². The highest BCUT2D eigenvalue weighted by Crippen LogP contribution is 2.32. The van der Waals surface area contributed by atoms with E-state index in [2.05, 4.69) is 36.7 Å². The number of carboxylic acid groups (broad SMARTS) is 1. The van der Waals surface area contributed by atoms with E-state index in [0.29, 0.717) is 19.4 Å². The zero-order chi connectivity index (χ0) is 16.5. The largest absolute Gasteiger partial charge is 0.481 e. The molecule has 4 N–H and O–H groups in total. The van der Waals surface area contributed by atoms with Gasteiger partial charge in [0.2, 0.25) is 5.91 Å². The molecule has 0 aromatic carbocycles. The lowest BCUT2D eigenvalue weighted by Crippen LogP contribution is -2.42. The molecule has 0 aliphatic rings. The monoisotopic (exact) mass is 301 g/mol. The number of aliphatic carboxylic acids is 1. The lowest BCUT2D eigenvalue weighted by atomic mass is 9.76. The summed E-state index contributed by atoms with van der Waals surface area (Å²) in [6.07, 6.45) is 1.41. The van der Waals surface area contributed by atoms with Crippen LogP contribution in [0.1, 0.15) is 40.0 Å². The van der Waals surface area contributed by atoms with E-state index in [0.717, 1.165) is 0 Å². The van der Waals surface area contributed by atoms with Gasteiger partial charge in [0, 0.05) is 20.0 Å². The molecule has 0 saturated carbocycles. The van der Waals surface area contributed by atoms with Gasteiger partial charge in [0.25, 0.3) is 0 Å². The molecule has 0 bridgehead atoms. The molecular weight excluding hydrogens is 274 g/mol. The summed E-state index contributed by atoms with van der Waals surface area (Å²) in [5.74, 6) is -0.868. The maximum Gasteiger partial charge on any atom is 0.315 e. The molecular formula is C14H27N3O4. The normalized spacial score (nSPS) is 12.4. The van der Waals surface area contributed by atoms with Crippen molar-refractivity contribution in [2.45, 2.75) is 40.0 Å². The minimum atomic E-state index is -0.805. The Kier molecular flexibility index (Phi) is 8.42. The van der Waals surface area contributed by atoms with Gasteiger partial charge in [-0.05, 0) is 24.2 Å². The molecule has 0 aromatic rings. The van der Waals surface area contributed by atoms with Crippen molar-refractivity contribution in [3.05, 3.63) is 0 Å². The molecule has 0 aliphatic heterocycles. The zero-order valence-electron chi connectivity index (χ0n) is 13.3. The fourth-order valence-corrected chi connectivity index (χ4v) is 1.98. The van der Waals surface area contributed by atoms with Gasteiger partial charge in [-0.25, -0.2) is 4.79 Å². The van der Waals surface area contributed by atoms with E-state index in [9.17, 15) is 14.4 Å². The standard InChI is InChI=1S/C14H27N3O4/c1-14(2,3)10(5-6-12(19)20)7-8-16-13(21)17-9-11(18)15-4/h10H,5-9H2,1-4H3,(H,15,18)(H,19,20)(H2,16,17,21). The van der Waals surface area contributed by atoms with Crippen molar-refractivity contribution in [3.8, 4) is 0 Å². The van der Waals surface area contributed by atoms with Crippen LogP contribution in [0.4, 0.5) is 4.79 Å². The van der Waals surface area contributed by atoms with Crippen LogP contribution in [0.15, 0.2) is 0 Å². The van der Waals surface area contributed by atoms with Gasteiger partial charge in [0.05, 0.1) is 6.54 Å². The van der Waals surface area contributed by atoms with Crippen LogP contribution in [0.25, 0.3) is 0 Å². The quantitative estimate of drug-likeness (QED) is 0.535. The molecule has 0 heterocycles. The van der Waals surface area contributed by atoms with Crippen LogP contribution in [0.3, 0.4) is 0 Å². The molecule has 1 atom stereocenters. The molecule has 21 heavy (non-hydrogen) atoms. The number of carbonyl (C=O) groups is 3. The van der Waals surface area contributed by atoms with E-state index in [1.54, 1.807) is 0 Å². The molecule has 1 unspecified atom stereocenters. The lowest BCUT2D eigenvalue weighted by Gasteiger charge is -2.30. The first-order chi connectivity index (χ1) is 9.66. The average molecular weight is 301 g/mol. The van der Waals surface area contributed by atoms with Gasteiger partial charge in [-0.1, -0.05) is 20.8 Å². The molecule has 0 spiro atoms. The Labute approximate surface area is 125 Å². The highest BCUT2D eigenvalue weighted by molar-refractivity contribution is 5.83. The smallest absolute Gasteiger partial charge is 0.315 e. The SMILES string of the molecule is CNC(=O)CNC(=O)NCCC(CCC(=O)O)C(C)(C)C. The third-order valence-corrected chi connectivity index (χ3v) is 3.40. The summed E-state index contributed by atoms with van der Waals surface area (Å²) in [6.45, 7) is 6.56. The van der Waals surface area contributed by atoms with Crippen LogP contribution in [-0.2, 0) is 9.59 Å². The van der Waals surface area contributed by atoms with Crippen molar-refractivity contribution >= 4 is 17.9 Å². The number of rotatable bonds is 8. The first kappa shape index (κ1) is 19.2. The number of amides is 3. The van der Waals surface area contributed by atoms with Crippen molar-refractivity contribution in [1.29, 1.82) is 0 Å². The molecule has 122 valence electrons.